The molecule has 3 aromatic heterocycles. The second-order valence-electron chi connectivity index (χ2n) is 11.8. The number of aliphatic carboxylic acids is 1. The lowest BCUT2D eigenvalue weighted by atomic mass is 10.1. The largest absolute Gasteiger partial charge is 1.00 e. The fraction of sp³-hybridized carbons (Fsp3) is 0.343. The summed E-state index contributed by atoms with van der Waals surface area (Å²) in [6.45, 7) is 9.53. The van der Waals surface area contributed by atoms with Crippen molar-refractivity contribution < 1.29 is 47.3 Å². The van der Waals surface area contributed by atoms with Crippen LogP contribution in [-0.2, 0) is 24.9 Å². The third-order valence-corrected chi connectivity index (χ3v) is 8.83. The number of aromatic nitrogens is 4. The van der Waals surface area contributed by atoms with Gasteiger partial charge >= 0.3 is 11.6 Å². The zero-order chi connectivity index (χ0) is 33.1. The summed E-state index contributed by atoms with van der Waals surface area (Å²) in [5, 5.41) is 18.7. The van der Waals surface area contributed by atoms with Crippen molar-refractivity contribution in [3.8, 4) is 0 Å². The van der Waals surface area contributed by atoms with Crippen molar-refractivity contribution in [1.82, 2.24) is 19.9 Å². The van der Waals surface area contributed by atoms with Crippen molar-refractivity contribution in [2.45, 2.75) is 33.4 Å². The third kappa shape index (κ3) is 7.67. The highest BCUT2D eigenvalue weighted by atomic mass is 127. The molecule has 1 saturated heterocycles. The van der Waals surface area contributed by atoms with Crippen molar-refractivity contribution in [2.24, 2.45) is 7.05 Å². The van der Waals surface area contributed by atoms with Crippen LogP contribution in [0.2, 0.25) is 0 Å². The molecule has 6 rings (SSSR count). The Balaban J connectivity index is 0.00000451. The number of fused-ring (bicyclic) bond motifs is 2. The van der Waals surface area contributed by atoms with E-state index in [4.69, 9.17) is 9.52 Å². The first-order chi connectivity index (χ1) is 22.7. The highest BCUT2D eigenvalue weighted by Gasteiger charge is 2.23. The first kappa shape index (κ1) is 35.0. The zero-order valence-electron chi connectivity index (χ0n) is 27.3. The minimum Gasteiger partial charge on any atom is -1.00 e. The Morgan fingerprint density at radius 2 is 1.79 bits per heavy atom. The molecule has 252 valence electrons. The summed E-state index contributed by atoms with van der Waals surface area (Å²) in [5.74, 6) is -1.14. The highest BCUT2D eigenvalue weighted by Crippen LogP contribution is 2.27. The van der Waals surface area contributed by atoms with Crippen LogP contribution in [0.4, 0.5) is 15.8 Å². The van der Waals surface area contributed by atoms with E-state index in [1.54, 1.807) is 23.0 Å². The van der Waals surface area contributed by atoms with E-state index >= 15 is 4.39 Å². The van der Waals surface area contributed by atoms with E-state index in [1.165, 1.54) is 0 Å². The van der Waals surface area contributed by atoms with Crippen LogP contribution >= 0.6 is 0 Å². The monoisotopic (exact) mass is 767 g/mol. The van der Waals surface area contributed by atoms with Crippen LogP contribution < -0.4 is 44.0 Å². The molecule has 11 nitrogen and oxygen atoms in total. The maximum atomic E-state index is 15.4. The van der Waals surface area contributed by atoms with E-state index in [2.05, 4.69) is 38.9 Å². The molecule has 0 radical (unpaired) electrons. The van der Waals surface area contributed by atoms with Crippen LogP contribution in [0, 0.1) is 5.82 Å². The lowest BCUT2D eigenvalue weighted by Gasteiger charge is -2.35. The maximum Gasteiger partial charge on any atom is 0.343 e. The van der Waals surface area contributed by atoms with Gasteiger partial charge in [0.05, 0.1) is 29.9 Å². The summed E-state index contributed by atoms with van der Waals surface area (Å²) >= 11 is 0. The van der Waals surface area contributed by atoms with E-state index in [1.807, 2.05) is 60.2 Å². The van der Waals surface area contributed by atoms with Gasteiger partial charge in [0, 0.05) is 92.7 Å². The van der Waals surface area contributed by atoms with Crippen molar-refractivity contribution in [2.75, 3.05) is 49.1 Å². The van der Waals surface area contributed by atoms with Crippen LogP contribution in [-0.4, -0.2) is 70.2 Å². The lowest BCUT2D eigenvalue weighted by Crippen LogP contribution is -3.00. The van der Waals surface area contributed by atoms with Gasteiger partial charge in [-0.1, -0.05) is 5.21 Å². The first-order valence-corrected chi connectivity index (χ1v) is 15.9. The summed E-state index contributed by atoms with van der Waals surface area (Å²) in [6.07, 6.45) is 5.41. The van der Waals surface area contributed by atoms with E-state index in [9.17, 15) is 9.59 Å². The van der Waals surface area contributed by atoms with E-state index < -0.39 is 11.6 Å². The van der Waals surface area contributed by atoms with Gasteiger partial charge in [0.2, 0.25) is 11.2 Å². The molecule has 0 aliphatic carbocycles. The maximum absolute atomic E-state index is 15.4. The van der Waals surface area contributed by atoms with Crippen molar-refractivity contribution in [3.63, 3.8) is 0 Å². The Bertz CT molecular complexity index is 2020. The first-order valence-electron chi connectivity index (χ1n) is 15.9. The number of aryl methyl sites for hydroxylation is 2. The fourth-order valence-corrected chi connectivity index (χ4v) is 6.13. The Morgan fingerprint density at radius 3 is 2.52 bits per heavy atom. The molecule has 0 bridgehead atoms. The van der Waals surface area contributed by atoms with Crippen molar-refractivity contribution in [3.05, 3.63) is 87.9 Å². The van der Waals surface area contributed by atoms with Crippen LogP contribution in [0.1, 0.15) is 37.2 Å². The van der Waals surface area contributed by atoms with Gasteiger partial charge in [0.15, 0.2) is 0 Å². The summed E-state index contributed by atoms with van der Waals surface area (Å²) in [7, 11) is 1.93. The molecule has 4 heterocycles. The van der Waals surface area contributed by atoms with Gasteiger partial charge in [0.25, 0.3) is 0 Å². The van der Waals surface area contributed by atoms with Crippen molar-refractivity contribution in [1.29, 1.82) is 0 Å². The standard InChI is InChI=1S/C35H38FN7O4.HI/c1-4-41(5-2)29-11-7-25-18-26(35(46)47-33(25)20-29)8-10-28-9-6-24-19-30(36)32(21-31(24)39(28)3)42-16-14-40(15-17-42)22-27-23-43(38-37-27)13-12-34(44)45;/h6-11,18-21,23H,4-5,12-17,22H2,1-3H3;1H. The number of carbonyl (C=O) groups is 1. The van der Waals surface area contributed by atoms with Gasteiger partial charge < -0.3 is 43.3 Å². The molecule has 0 spiro atoms. The Hall–Kier alpha value is -4.37. The van der Waals surface area contributed by atoms with Gasteiger partial charge in [-0.2, -0.15) is 4.57 Å². The average molecular weight is 768 g/mol. The molecular formula is C35H39FIN7O4. The van der Waals surface area contributed by atoms with Crippen molar-refractivity contribution >= 4 is 51.4 Å². The van der Waals surface area contributed by atoms with E-state index in [-0.39, 0.29) is 42.8 Å². The third-order valence-electron chi connectivity index (χ3n) is 8.83. The topological polar surface area (TPSA) is 112 Å². The smallest absolute Gasteiger partial charge is 0.343 e. The van der Waals surface area contributed by atoms with Gasteiger partial charge in [0.1, 0.15) is 18.4 Å². The Morgan fingerprint density at radius 1 is 1.04 bits per heavy atom. The number of anilines is 2. The number of rotatable bonds is 11. The number of piperazine rings is 1. The van der Waals surface area contributed by atoms with E-state index in [0.717, 1.165) is 59.5 Å². The van der Waals surface area contributed by atoms with E-state index in [0.29, 0.717) is 36.5 Å². The molecule has 0 unspecified atom stereocenters. The molecule has 0 saturated carbocycles. The van der Waals surface area contributed by atoms with Crippen LogP contribution in [0.25, 0.3) is 34.0 Å². The fourth-order valence-electron chi connectivity index (χ4n) is 6.13. The normalized spacial score (nSPS) is 13.8. The molecule has 0 atom stereocenters. The number of benzene rings is 2. The number of halogens is 2. The number of hydrogen-bond donors (Lipinski definition) is 1. The van der Waals surface area contributed by atoms with Crippen LogP contribution in [0.15, 0.2) is 63.9 Å². The second-order valence-corrected chi connectivity index (χ2v) is 11.8. The molecular weight excluding hydrogens is 728 g/mol. The highest BCUT2D eigenvalue weighted by molar-refractivity contribution is 5.84. The predicted molar refractivity (Wildman–Crippen MR) is 180 cm³/mol. The molecule has 1 aliphatic heterocycles. The molecule has 1 aliphatic rings. The molecule has 13 heteroatoms. The number of hydrogen-bond acceptors (Lipinski definition) is 8. The number of pyridine rings is 1. The Kier molecular flexibility index (Phi) is 11.1. The summed E-state index contributed by atoms with van der Waals surface area (Å²) in [5.41, 5.74) is 4.68. The summed E-state index contributed by atoms with van der Waals surface area (Å²) in [4.78, 5) is 30.2. The predicted octanol–water partition coefficient (Wildman–Crippen LogP) is 1.32. The van der Waals surface area contributed by atoms with Crippen LogP contribution in [0.3, 0.4) is 0 Å². The van der Waals surface area contributed by atoms with Crippen LogP contribution in [0.5, 0.6) is 0 Å². The van der Waals surface area contributed by atoms with Gasteiger partial charge in [-0.05, 0) is 50.3 Å². The molecule has 2 aromatic carbocycles. The molecule has 48 heavy (non-hydrogen) atoms. The lowest BCUT2D eigenvalue weighted by molar-refractivity contribution is -0.646. The van der Waals surface area contributed by atoms with Gasteiger partial charge in [-0.3, -0.25) is 14.4 Å². The van der Waals surface area contributed by atoms with Gasteiger partial charge in [-0.15, -0.1) is 5.10 Å². The Labute approximate surface area is 294 Å². The summed E-state index contributed by atoms with van der Waals surface area (Å²) < 4.78 is 24.6. The van der Waals surface area contributed by atoms with Gasteiger partial charge in [-0.25, -0.2) is 9.18 Å². The molecule has 1 N–H and O–H groups in total. The molecule has 5 aromatic rings. The minimum absolute atomic E-state index is 0. The number of carboxylic acid groups (broad SMARTS) is 1. The minimum atomic E-state index is -0.875. The molecule has 0 amide bonds. The summed E-state index contributed by atoms with van der Waals surface area (Å²) in [6, 6.07) is 15.0. The number of nitrogens with zero attached hydrogens (tertiary/aromatic N) is 7. The number of carboxylic acids is 1. The second kappa shape index (κ2) is 15.2. The molecule has 1 fully saturated rings. The quantitative estimate of drug-likeness (QED) is 0.121. The zero-order valence-corrected chi connectivity index (χ0v) is 29.4. The SMILES string of the molecule is CCN(CC)c1ccc2cc(/C=C/c3ccc4cc(F)c(N5CCN(Cc6cn(CCC(=O)O)nn6)CC5)cc4[n+]3C)c(=O)oc2c1.[I-]. The average Bonchev–Trinajstić information content (AvgIpc) is 3.51.